The summed E-state index contributed by atoms with van der Waals surface area (Å²) in [7, 11) is -0.529. The fraction of sp³-hybridized carbons (Fsp3) is 0.250. The third-order valence-electron chi connectivity index (χ3n) is 1.47. The highest BCUT2D eigenvalue weighted by molar-refractivity contribution is 6.70. The average molecular weight is 154 g/mol. The number of hydrogen-bond donors (Lipinski definition) is 0. The molecule has 56 valence electrons. The topological polar surface area (TPSA) is 31.5 Å². The molecule has 10 heavy (non-hydrogen) atoms. The maximum absolute atomic E-state index is 2.34. The van der Waals surface area contributed by atoms with Crippen molar-refractivity contribution in [2.24, 2.45) is 0 Å². The zero-order valence-electron chi connectivity index (χ0n) is 6.46. The molecule has 1 aromatic carbocycles. The van der Waals surface area contributed by atoms with Crippen LogP contribution in [0, 0.1) is 0 Å². The van der Waals surface area contributed by atoms with Gasteiger partial charge in [0, 0.05) is 0 Å². The van der Waals surface area contributed by atoms with Crippen molar-refractivity contribution in [2.45, 2.75) is 13.1 Å². The van der Waals surface area contributed by atoms with E-state index in [4.69, 9.17) is 0 Å². The molecule has 0 heterocycles. The van der Waals surface area contributed by atoms with E-state index in [1.165, 1.54) is 0 Å². The lowest BCUT2D eigenvalue weighted by Gasteiger charge is -1.99. The Morgan fingerprint density at radius 3 is 1.80 bits per heavy atom. The van der Waals surface area contributed by atoms with Crippen molar-refractivity contribution in [1.82, 2.24) is 0 Å². The Hall–Kier alpha value is -0.603. The second kappa shape index (κ2) is 4.25. The van der Waals surface area contributed by atoms with Crippen LogP contribution in [0.3, 0.4) is 0 Å². The highest BCUT2D eigenvalue weighted by Gasteiger charge is 1.95. The minimum atomic E-state index is -0.529. The molecule has 0 saturated heterocycles. The van der Waals surface area contributed by atoms with Gasteiger partial charge in [-0.3, -0.25) is 0 Å². The molecular formula is C8H14OSi. The summed E-state index contributed by atoms with van der Waals surface area (Å²) in [6.07, 6.45) is 0. The van der Waals surface area contributed by atoms with Crippen LogP contribution in [-0.2, 0) is 0 Å². The molecule has 1 rings (SSSR count). The molecule has 1 aromatic rings. The van der Waals surface area contributed by atoms with Crippen LogP contribution in [0.1, 0.15) is 0 Å². The predicted molar refractivity (Wildman–Crippen MR) is 48.6 cm³/mol. The van der Waals surface area contributed by atoms with Gasteiger partial charge in [0.05, 0.1) is 8.80 Å². The van der Waals surface area contributed by atoms with E-state index in [2.05, 4.69) is 43.4 Å². The summed E-state index contributed by atoms with van der Waals surface area (Å²) in [4.78, 5) is 0. The summed E-state index contributed by atoms with van der Waals surface area (Å²) in [6.45, 7) is 4.69. The number of rotatable bonds is 1. The SMILES string of the molecule is C[SiH](C)c1ccccc1.O. The van der Waals surface area contributed by atoms with E-state index in [-0.39, 0.29) is 5.48 Å². The molecule has 0 saturated carbocycles. The summed E-state index contributed by atoms with van der Waals surface area (Å²) in [5, 5.41) is 1.55. The van der Waals surface area contributed by atoms with E-state index in [1.807, 2.05) is 0 Å². The van der Waals surface area contributed by atoms with E-state index in [0.717, 1.165) is 0 Å². The first kappa shape index (κ1) is 9.40. The Morgan fingerprint density at radius 2 is 1.50 bits per heavy atom. The fourth-order valence-electron chi connectivity index (χ4n) is 0.838. The largest absolute Gasteiger partial charge is 0.412 e. The average Bonchev–Trinajstić information content (AvgIpc) is 1.90. The summed E-state index contributed by atoms with van der Waals surface area (Å²) >= 11 is 0. The Labute approximate surface area is 63.6 Å². The minimum Gasteiger partial charge on any atom is -0.412 e. The smallest absolute Gasteiger partial charge is 0.0647 e. The quantitative estimate of drug-likeness (QED) is 0.529. The normalized spacial score (nSPS) is 9.10. The van der Waals surface area contributed by atoms with Crippen LogP contribution in [0.15, 0.2) is 30.3 Å². The van der Waals surface area contributed by atoms with Crippen LogP contribution in [0.4, 0.5) is 0 Å². The number of benzene rings is 1. The van der Waals surface area contributed by atoms with Crippen molar-refractivity contribution < 1.29 is 5.48 Å². The zero-order valence-corrected chi connectivity index (χ0v) is 7.62. The highest BCUT2D eigenvalue weighted by atomic mass is 28.3. The minimum absolute atomic E-state index is 0. The van der Waals surface area contributed by atoms with E-state index < -0.39 is 8.80 Å². The van der Waals surface area contributed by atoms with Gasteiger partial charge in [-0.2, -0.15) is 0 Å². The zero-order chi connectivity index (χ0) is 6.69. The van der Waals surface area contributed by atoms with Crippen LogP contribution in [0.25, 0.3) is 0 Å². The third-order valence-corrected chi connectivity index (χ3v) is 3.18. The summed E-state index contributed by atoms with van der Waals surface area (Å²) in [6, 6.07) is 10.7. The first-order valence-electron chi connectivity index (χ1n) is 3.35. The molecule has 2 heteroatoms. The van der Waals surface area contributed by atoms with Gasteiger partial charge in [0.2, 0.25) is 0 Å². The lowest BCUT2D eigenvalue weighted by atomic mass is 10.4. The van der Waals surface area contributed by atoms with Crippen molar-refractivity contribution >= 4 is 14.0 Å². The molecule has 0 aliphatic rings. The molecule has 0 spiro atoms. The van der Waals surface area contributed by atoms with Crippen LogP contribution in [0.5, 0.6) is 0 Å². The van der Waals surface area contributed by atoms with Gasteiger partial charge in [0.15, 0.2) is 0 Å². The second-order valence-electron chi connectivity index (χ2n) is 2.57. The lowest BCUT2D eigenvalue weighted by molar-refractivity contribution is 0.824. The summed E-state index contributed by atoms with van der Waals surface area (Å²) in [5.41, 5.74) is 0. The van der Waals surface area contributed by atoms with Gasteiger partial charge in [0.1, 0.15) is 0 Å². The van der Waals surface area contributed by atoms with E-state index in [0.29, 0.717) is 0 Å². The van der Waals surface area contributed by atoms with Crippen molar-refractivity contribution in [3.63, 3.8) is 0 Å². The van der Waals surface area contributed by atoms with Gasteiger partial charge < -0.3 is 5.48 Å². The van der Waals surface area contributed by atoms with Crippen LogP contribution in [-0.4, -0.2) is 14.3 Å². The third kappa shape index (κ3) is 2.33. The summed E-state index contributed by atoms with van der Waals surface area (Å²) in [5.74, 6) is 0. The van der Waals surface area contributed by atoms with E-state index >= 15 is 0 Å². The van der Waals surface area contributed by atoms with Crippen LogP contribution >= 0.6 is 0 Å². The van der Waals surface area contributed by atoms with Crippen molar-refractivity contribution in [3.8, 4) is 0 Å². The van der Waals surface area contributed by atoms with Crippen molar-refractivity contribution in [3.05, 3.63) is 30.3 Å². The molecule has 0 aliphatic carbocycles. The molecule has 1 nitrogen and oxygen atoms in total. The Morgan fingerprint density at radius 1 is 1.00 bits per heavy atom. The van der Waals surface area contributed by atoms with Crippen LogP contribution < -0.4 is 5.19 Å². The van der Waals surface area contributed by atoms with E-state index in [9.17, 15) is 0 Å². The molecule has 0 fully saturated rings. The molecular weight excluding hydrogens is 140 g/mol. The lowest BCUT2D eigenvalue weighted by Crippen LogP contribution is -2.21. The molecule has 0 unspecified atom stereocenters. The maximum atomic E-state index is 2.34. The Balaban J connectivity index is 0.000000810. The van der Waals surface area contributed by atoms with Gasteiger partial charge in [-0.1, -0.05) is 48.6 Å². The molecule has 0 amide bonds. The van der Waals surface area contributed by atoms with Gasteiger partial charge in [-0.25, -0.2) is 0 Å². The first-order valence-corrected chi connectivity index (χ1v) is 6.24. The molecule has 0 aliphatic heterocycles. The second-order valence-corrected chi connectivity index (χ2v) is 5.54. The van der Waals surface area contributed by atoms with Crippen LogP contribution in [0.2, 0.25) is 13.1 Å². The number of hydrogen-bond acceptors (Lipinski definition) is 0. The van der Waals surface area contributed by atoms with Gasteiger partial charge >= 0.3 is 0 Å². The van der Waals surface area contributed by atoms with E-state index in [1.54, 1.807) is 5.19 Å². The van der Waals surface area contributed by atoms with Gasteiger partial charge in [0.25, 0.3) is 0 Å². The fourth-order valence-corrected chi connectivity index (χ4v) is 1.83. The van der Waals surface area contributed by atoms with Gasteiger partial charge in [-0.15, -0.1) is 0 Å². The van der Waals surface area contributed by atoms with Crippen molar-refractivity contribution in [2.75, 3.05) is 0 Å². The molecule has 0 radical (unpaired) electrons. The first-order chi connectivity index (χ1) is 4.30. The highest BCUT2D eigenvalue weighted by Crippen LogP contribution is 1.85. The maximum Gasteiger partial charge on any atom is 0.0647 e. The molecule has 0 bridgehead atoms. The standard InChI is InChI=1S/C8H12Si.H2O/c1-9(2)8-6-4-3-5-7-8;/h3-7,9H,1-2H3;1H2. The Bertz CT molecular complexity index is 172. The molecule has 0 atom stereocenters. The predicted octanol–water partition coefficient (Wildman–Crippen LogP) is 0.556. The monoisotopic (exact) mass is 154 g/mol. The summed E-state index contributed by atoms with van der Waals surface area (Å²) < 4.78 is 0. The Kier molecular flexibility index (Phi) is 3.99. The molecule has 0 aromatic heterocycles. The molecule has 2 N–H and O–H groups in total. The van der Waals surface area contributed by atoms with Gasteiger partial charge in [-0.05, 0) is 0 Å². The van der Waals surface area contributed by atoms with Crippen molar-refractivity contribution in [1.29, 1.82) is 0 Å².